The highest BCUT2D eigenvalue weighted by Gasteiger charge is 2.07. The van der Waals surface area contributed by atoms with Crippen molar-refractivity contribution >= 4 is 23.4 Å². The van der Waals surface area contributed by atoms with Crippen LogP contribution in [-0.2, 0) is 4.74 Å². The molecule has 1 aromatic heterocycles. The van der Waals surface area contributed by atoms with Gasteiger partial charge in [-0.05, 0) is 42.8 Å². The smallest absolute Gasteiger partial charge is 0.338 e. The van der Waals surface area contributed by atoms with Crippen molar-refractivity contribution < 1.29 is 9.53 Å². The lowest BCUT2D eigenvalue weighted by molar-refractivity contribution is 0.0526. The van der Waals surface area contributed by atoms with E-state index in [1.165, 1.54) is 11.3 Å². The van der Waals surface area contributed by atoms with Crippen LogP contribution < -0.4 is 0 Å². The SMILES string of the molecule is CCOC(=O)c1ccc(-c2ccc(C=C(C#N)C#N)s2)cc1. The van der Waals surface area contributed by atoms with Crippen molar-refractivity contribution in [2.24, 2.45) is 0 Å². The zero-order valence-electron chi connectivity index (χ0n) is 11.9. The van der Waals surface area contributed by atoms with Crippen LogP contribution >= 0.6 is 11.3 Å². The summed E-state index contributed by atoms with van der Waals surface area (Å²) in [5, 5.41) is 17.5. The van der Waals surface area contributed by atoms with Crippen LogP contribution in [0.2, 0.25) is 0 Å². The van der Waals surface area contributed by atoms with Gasteiger partial charge in [0.1, 0.15) is 17.7 Å². The number of carbonyl (C=O) groups excluding carboxylic acids is 1. The molecule has 0 saturated heterocycles. The molecular formula is C17H12N2O2S. The number of rotatable bonds is 4. The molecule has 22 heavy (non-hydrogen) atoms. The van der Waals surface area contributed by atoms with Crippen LogP contribution in [0, 0.1) is 22.7 Å². The first kappa shape index (κ1) is 15.5. The molecule has 0 aliphatic carbocycles. The van der Waals surface area contributed by atoms with Crippen molar-refractivity contribution in [2.75, 3.05) is 6.61 Å². The van der Waals surface area contributed by atoms with Gasteiger partial charge in [-0.3, -0.25) is 0 Å². The molecule has 0 aliphatic heterocycles. The van der Waals surface area contributed by atoms with Crippen molar-refractivity contribution in [3.05, 3.63) is 52.4 Å². The molecule has 0 spiro atoms. The number of ether oxygens (including phenoxy) is 1. The highest BCUT2D eigenvalue weighted by atomic mass is 32.1. The topological polar surface area (TPSA) is 73.9 Å². The van der Waals surface area contributed by atoms with Gasteiger partial charge in [-0.25, -0.2) is 4.79 Å². The molecule has 0 atom stereocenters. The van der Waals surface area contributed by atoms with Crippen molar-refractivity contribution in [3.63, 3.8) is 0 Å². The Morgan fingerprint density at radius 2 is 1.86 bits per heavy atom. The summed E-state index contributed by atoms with van der Waals surface area (Å²) in [4.78, 5) is 13.4. The average Bonchev–Trinajstić information content (AvgIpc) is 3.01. The predicted octanol–water partition coefficient (Wildman–Crippen LogP) is 4.02. The van der Waals surface area contributed by atoms with Gasteiger partial charge in [-0.15, -0.1) is 11.3 Å². The van der Waals surface area contributed by atoms with Crippen LogP contribution in [0.5, 0.6) is 0 Å². The summed E-state index contributed by atoms with van der Waals surface area (Å²) in [6.45, 7) is 2.12. The maximum Gasteiger partial charge on any atom is 0.338 e. The van der Waals surface area contributed by atoms with Gasteiger partial charge in [0, 0.05) is 9.75 Å². The Labute approximate surface area is 132 Å². The van der Waals surface area contributed by atoms with Gasteiger partial charge in [0.25, 0.3) is 0 Å². The second-order valence-electron chi connectivity index (χ2n) is 4.28. The van der Waals surface area contributed by atoms with Gasteiger partial charge in [0.05, 0.1) is 12.2 Å². The third-order valence-corrected chi connectivity index (χ3v) is 3.92. The molecule has 0 N–H and O–H groups in total. The molecule has 1 heterocycles. The van der Waals surface area contributed by atoms with Crippen LogP contribution in [0.4, 0.5) is 0 Å². The third-order valence-electron chi connectivity index (χ3n) is 2.83. The Kier molecular flexibility index (Phi) is 5.08. The molecular weight excluding hydrogens is 296 g/mol. The first-order valence-corrected chi connectivity index (χ1v) is 7.39. The van der Waals surface area contributed by atoms with Crippen LogP contribution in [0.15, 0.2) is 42.0 Å². The fourth-order valence-electron chi connectivity index (χ4n) is 1.80. The van der Waals surface area contributed by atoms with Crippen molar-refractivity contribution in [3.8, 4) is 22.6 Å². The van der Waals surface area contributed by atoms with Gasteiger partial charge in [0.2, 0.25) is 0 Å². The van der Waals surface area contributed by atoms with Crippen LogP contribution in [-0.4, -0.2) is 12.6 Å². The fraction of sp³-hybridized carbons (Fsp3) is 0.118. The largest absolute Gasteiger partial charge is 0.462 e. The number of carbonyl (C=O) groups is 1. The lowest BCUT2D eigenvalue weighted by Gasteiger charge is -2.02. The molecule has 2 aromatic rings. The van der Waals surface area contributed by atoms with Crippen molar-refractivity contribution in [1.82, 2.24) is 0 Å². The molecule has 0 amide bonds. The summed E-state index contributed by atoms with van der Waals surface area (Å²) in [5.41, 5.74) is 1.55. The Morgan fingerprint density at radius 3 is 2.45 bits per heavy atom. The van der Waals surface area contributed by atoms with Gasteiger partial charge in [-0.2, -0.15) is 10.5 Å². The molecule has 0 unspecified atom stereocenters. The number of thiophene rings is 1. The van der Waals surface area contributed by atoms with Gasteiger partial charge in [-0.1, -0.05) is 12.1 Å². The number of allylic oxidation sites excluding steroid dienone is 1. The van der Waals surface area contributed by atoms with Gasteiger partial charge >= 0.3 is 5.97 Å². The number of nitrogens with zero attached hydrogens (tertiary/aromatic N) is 2. The van der Waals surface area contributed by atoms with E-state index in [9.17, 15) is 4.79 Å². The first-order chi connectivity index (χ1) is 10.7. The van der Waals surface area contributed by atoms with E-state index in [4.69, 9.17) is 15.3 Å². The monoisotopic (exact) mass is 308 g/mol. The van der Waals surface area contributed by atoms with E-state index in [0.717, 1.165) is 15.3 Å². The summed E-state index contributed by atoms with van der Waals surface area (Å²) < 4.78 is 4.94. The summed E-state index contributed by atoms with van der Waals surface area (Å²) in [5.74, 6) is -0.337. The number of hydrogen-bond acceptors (Lipinski definition) is 5. The van der Waals surface area contributed by atoms with Crippen LogP contribution in [0.3, 0.4) is 0 Å². The minimum atomic E-state index is -0.337. The van der Waals surface area contributed by atoms with Crippen LogP contribution in [0.1, 0.15) is 22.2 Å². The molecule has 108 valence electrons. The second-order valence-corrected chi connectivity index (χ2v) is 5.40. The Balaban J connectivity index is 2.22. The summed E-state index contributed by atoms with van der Waals surface area (Å²) in [7, 11) is 0. The quantitative estimate of drug-likeness (QED) is 0.631. The minimum Gasteiger partial charge on any atom is -0.462 e. The minimum absolute atomic E-state index is 0.0751. The molecule has 1 aromatic carbocycles. The van der Waals surface area contributed by atoms with Crippen molar-refractivity contribution in [1.29, 1.82) is 10.5 Å². The Morgan fingerprint density at radius 1 is 1.18 bits per heavy atom. The molecule has 5 heteroatoms. The van der Waals surface area contributed by atoms with Gasteiger partial charge < -0.3 is 4.74 Å². The van der Waals surface area contributed by atoms with E-state index in [0.29, 0.717) is 12.2 Å². The highest BCUT2D eigenvalue weighted by molar-refractivity contribution is 7.16. The molecule has 4 nitrogen and oxygen atoms in total. The highest BCUT2D eigenvalue weighted by Crippen LogP contribution is 2.29. The molecule has 0 fully saturated rings. The maximum atomic E-state index is 11.6. The van der Waals surface area contributed by atoms with E-state index in [1.807, 2.05) is 36.4 Å². The van der Waals surface area contributed by atoms with E-state index in [2.05, 4.69) is 0 Å². The number of benzene rings is 1. The van der Waals surface area contributed by atoms with Gasteiger partial charge in [0.15, 0.2) is 0 Å². The summed E-state index contributed by atoms with van der Waals surface area (Å²) in [6, 6.07) is 14.6. The summed E-state index contributed by atoms with van der Waals surface area (Å²) >= 11 is 1.47. The lowest BCUT2D eigenvalue weighted by atomic mass is 10.1. The lowest BCUT2D eigenvalue weighted by Crippen LogP contribution is -2.03. The number of nitriles is 2. The van der Waals surface area contributed by atoms with E-state index >= 15 is 0 Å². The van der Waals surface area contributed by atoms with Crippen LogP contribution in [0.25, 0.3) is 16.5 Å². The molecule has 0 radical (unpaired) electrons. The normalized spacial score (nSPS) is 9.41. The number of esters is 1. The maximum absolute atomic E-state index is 11.6. The zero-order chi connectivity index (χ0) is 15.9. The number of hydrogen-bond donors (Lipinski definition) is 0. The standard InChI is InChI=1S/C17H12N2O2S/c1-2-21-17(20)14-5-3-13(4-6-14)16-8-7-15(22-16)9-12(10-18)11-19/h3-9H,2H2,1H3. The molecule has 0 aliphatic rings. The van der Waals surface area contributed by atoms with E-state index in [1.54, 1.807) is 25.1 Å². The first-order valence-electron chi connectivity index (χ1n) is 6.57. The Bertz CT molecular complexity index is 773. The zero-order valence-corrected chi connectivity index (χ0v) is 12.7. The Hall–Kier alpha value is -2.89. The third kappa shape index (κ3) is 3.60. The van der Waals surface area contributed by atoms with Crippen molar-refractivity contribution in [2.45, 2.75) is 6.92 Å². The molecule has 0 saturated carbocycles. The molecule has 0 bridgehead atoms. The second kappa shape index (κ2) is 7.21. The summed E-state index contributed by atoms with van der Waals surface area (Å²) in [6.07, 6.45) is 1.56. The fourth-order valence-corrected chi connectivity index (χ4v) is 2.76. The average molecular weight is 308 g/mol. The van der Waals surface area contributed by atoms with E-state index < -0.39 is 0 Å². The van der Waals surface area contributed by atoms with E-state index in [-0.39, 0.29) is 11.5 Å². The molecule has 2 rings (SSSR count). The predicted molar refractivity (Wildman–Crippen MR) is 84.9 cm³/mol.